The van der Waals surface area contributed by atoms with Crippen molar-refractivity contribution in [3.8, 4) is 0 Å². The highest BCUT2D eigenvalue weighted by molar-refractivity contribution is 9.10. The van der Waals surface area contributed by atoms with E-state index in [1.807, 2.05) is 22.8 Å². The third kappa shape index (κ3) is 1.85. The van der Waals surface area contributed by atoms with Gasteiger partial charge in [-0.05, 0) is 31.5 Å². The third-order valence-electron chi connectivity index (χ3n) is 2.98. The highest BCUT2D eigenvalue weighted by atomic mass is 79.9. The highest BCUT2D eigenvalue weighted by Crippen LogP contribution is 2.21. The van der Waals surface area contributed by atoms with Crippen molar-refractivity contribution in [1.29, 1.82) is 0 Å². The summed E-state index contributed by atoms with van der Waals surface area (Å²) >= 11 is 3.44. The lowest BCUT2D eigenvalue weighted by Crippen LogP contribution is -2.28. The molecule has 1 N–H and O–H groups in total. The number of pyridine rings is 1. The summed E-state index contributed by atoms with van der Waals surface area (Å²) in [5.41, 5.74) is 0.912. The van der Waals surface area contributed by atoms with Gasteiger partial charge in [0.05, 0.1) is 0 Å². The van der Waals surface area contributed by atoms with Crippen molar-refractivity contribution < 1.29 is 0 Å². The van der Waals surface area contributed by atoms with Crippen molar-refractivity contribution in [3.63, 3.8) is 0 Å². The highest BCUT2D eigenvalue weighted by Gasteiger charge is 2.19. The number of piperidine rings is 1. The van der Waals surface area contributed by atoms with Crippen LogP contribution in [-0.2, 0) is 0 Å². The molecular formula is C11H13BrN4. The number of rotatable bonds is 1. The molecule has 0 radical (unpaired) electrons. The Morgan fingerprint density at radius 1 is 1.50 bits per heavy atom. The third-order valence-corrected chi connectivity index (χ3v) is 3.47. The predicted molar refractivity (Wildman–Crippen MR) is 65.5 cm³/mol. The van der Waals surface area contributed by atoms with Gasteiger partial charge in [0.25, 0.3) is 0 Å². The maximum atomic E-state index is 4.58. The second-order valence-corrected chi connectivity index (χ2v) is 5.08. The first-order chi connectivity index (χ1) is 7.83. The minimum Gasteiger partial charge on any atom is -0.316 e. The van der Waals surface area contributed by atoms with Gasteiger partial charge in [0.2, 0.25) is 0 Å². The predicted octanol–water partition coefficient (Wildman–Crippen LogP) is 1.96. The number of nitrogens with zero attached hydrogens (tertiary/aromatic N) is 3. The molecule has 0 spiro atoms. The lowest BCUT2D eigenvalue weighted by molar-refractivity contribution is 0.447. The van der Waals surface area contributed by atoms with Gasteiger partial charge in [0.1, 0.15) is 0 Å². The zero-order chi connectivity index (χ0) is 11.0. The summed E-state index contributed by atoms with van der Waals surface area (Å²) in [6, 6.07) is 3.97. The Hall–Kier alpha value is -0.940. The number of aromatic nitrogens is 3. The van der Waals surface area contributed by atoms with E-state index in [1.165, 1.54) is 12.8 Å². The van der Waals surface area contributed by atoms with E-state index in [1.54, 1.807) is 0 Å². The SMILES string of the molecule is Brc1ccn2nc(C3CCCNC3)nc2c1. The van der Waals surface area contributed by atoms with E-state index in [0.29, 0.717) is 5.92 Å². The molecule has 3 rings (SSSR count). The Kier molecular flexibility index (Phi) is 2.65. The Morgan fingerprint density at radius 3 is 3.25 bits per heavy atom. The van der Waals surface area contributed by atoms with Gasteiger partial charge in [-0.1, -0.05) is 15.9 Å². The summed E-state index contributed by atoms with van der Waals surface area (Å²) in [6.45, 7) is 2.12. The van der Waals surface area contributed by atoms with Crippen LogP contribution in [0.25, 0.3) is 5.65 Å². The maximum Gasteiger partial charge on any atom is 0.156 e. The molecule has 5 heteroatoms. The lowest BCUT2D eigenvalue weighted by Gasteiger charge is -2.19. The van der Waals surface area contributed by atoms with Crippen LogP contribution < -0.4 is 5.32 Å². The fraction of sp³-hybridized carbons (Fsp3) is 0.455. The van der Waals surface area contributed by atoms with Crippen molar-refractivity contribution in [2.24, 2.45) is 0 Å². The molecule has 2 aromatic rings. The molecule has 2 aromatic heterocycles. The molecule has 1 fully saturated rings. The van der Waals surface area contributed by atoms with E-state index in [-0.39, 0.29) is 0 Å². The summed E-state index contributed by atoms with van der Waals surface area (Å²) < 4.78 is 2.88. The van der Waals surface area contributed by atoms with Crippen LogP contribution in [-0.4, -0.2) is 27.7 Å². The van der Waals surface area contributed by atoms with Crippen LogP contribution in [0.5, 0.6) is 0 Å². The molecule has 3 heterocycles. The van der Waals surface area contributed by atoms with E-state index in [2.05, 4.69) is 31.3 Å². The van der Waals surface area contributed by atoms with Gasteiger partial charge >= 0.3 is 0 Å². The minimum atomic E-state index is 0.465. The van der Waals surface area contributed by atoms with Gasteiger partial charge in [0, 0.05) is 23.1 Å². The molecular weight excluding hydrogens is 268 g/mol. The zero-order valence-electron chi connectivity index (χ0n) is 8.86. The Labute approximate surface area is 102 Å². The first kappa shape index (κ1) is 10.2. The Bertz CT molecular complexity index is 502. The number of fused-ring (bicyclic) bond motifs is 1. The average Bonchev–Trinajstić information content (AvgIpc) is 2.73. The fourth-order valence-electron chi connectivity index (χ4n) is 2.12. The molecule has 1 unspecified atom stereocenters. The second kappa shape index (κ2) is 4.14. The Morgan fingerprint density at radius 2 is 2.44 bits per heavy atom. The van der Waals surface area contributed by atoms with Crippen LogP contribution in [0.3, 0.4) is 0 Å². The summed E-state index contributed by atoms with van der Waals surface area (Å²) in [5, 5.41) is 7.91. The van der Waals surface area contributed by atoms with Gasteiger partial charge in [0.15, 0.2) is 11.5 Å². The van der Waals surface area contributed by atoms with Crippen LogP contribution in [0.4, 0.5) is 0 Å². The van der Waals surface area contributed by atoms with Gasteiger partial charge in [-0.3, -0.25) is 0 Å². The van der Waals surface area contributed by atoms with Crippen molar-refractivity contribution in [2.45, 2.75) is 18.8 Å². The van der Waals surface area contributed by atoms with E-state index in [9.17, 15) is 0 Å². The number of nitrogens with one attached hydrogen (secondary N) is 1. The zero-order valence-corrected chi connectivity index (χ0v) is 10.4. The van der Waals surface area contributed by atoms with Gasteiger partial charge in [-0.15, -0.1) is 0 Å². The van der Waals surface area contributed by atoms with Crippen molar-refractivity contribution >= 4 is 21.6 Å². The number of halogens is 1. The quantitative estimate of drug-likeness (QED) is 0.869. The first-order valence-corrected chi connectivity index (χ1v) is 6.35. The first-order valence-electron chi connectivity index (χ1n) is 5.55. The molecule has 0 bridgehead atoms. The van der Waals surface area contributed by atoms with Gasteiger partial charge < -0.3 is 5.32 Å². The largest absolute Gasteiger partial charge is 0.316 e. The monoisotopic (exact) mass is 280 g/mol. The normalized spacial score (nSPS) is 21.4. The molecule has 0 saturated carbocycles. The van der Waals surface area contributed by atoms with Crippen molar-refractivity contribution in [2.75, 3.05) is 13.1 Å². The standard InChI is InChI=1S/C11H13BrN4/c12-9-3-5-16-10(6-9)14-11(15-16)8-2-1-4-13-7-8/h3,5-6,8,13H,1-2,4,7H2. The molecule has 0 aliphatic carbocycles. The van der Waals surface area contributed by atoms with E-state index in [4.69, 9.17) is 0 Å². The molecule has 84 valence electrons. The molecule has 1 aliphatic heterocycles. The number of hydrogen-bond donors (Lipinski definition) is 1. The number of hydrogen-bond acceptors (Lipinski definition) is 3. The molecule has 1 aliphatic rings. The lowest BCUT2D eigenvalue weighted by atomic mass is 9.99. The molecule has 0 aromatic carbocycles. The van der Waals surface area contributed by atoms with E-state index < -0.39 is 0 Å². The fourth-order valence-corrected chi connectivity index (χ4v) is 2.44. The van der Waals surface area contributed by atoms with Crippen molar-refractivity contribution in [1.82, 2.24) is 19.9 Å². The van der Waals surface area contributed by atoms with Crippen LogP contribution in [0.2, 0.25) is 0 Å². The average molecular weight is 281 g/mol. The summed E-state index contributed by atoms with van der Waals surface area (Å²) in [5.74, 6) is 1.43. The topological polar surface area (TPSA) is 42.2 Å². The molecule has 1 saturated heterocycles. The van der Waals surface area contributed by atoms with E-state index in [0.717, 1.165) is 29.0 Å². The van der Waals surface area contributed by atoms with Gasteiger partial charge in [-0.25, -0.2) is 9.50 Å². The summed E-state index contributed by atoms with van der Waals surface area (Å²) in [6.07, 6.45) is 4.33. The molecule has 1 atom stereocenters. The smallest absolute Gasteiger partial charge is 0.156 e. The van der Waals surface area contributed by atoms with Crippen LogP contribution >= 0.6 is 15.9 Å². The van der Waals surface area contributed by atoms with Crippen LogP contribution in [0.15, 0.2) is 22.8 Å². The molecule has 0 amide bonds. The van der Waals surface area contributed by atoms with Crippen molar-refractivity contribution in [3.05, 3.63) is 28.6 Å². The molecule has 4 nitrogen and oxygen atoms in total. The van der Waals surface area contributed by atoms with Crippen LogP contribution in [0, 0.1) is 0 Å². The minimum absolute atomic E-state index is 0.465. The van der Waals surface area contributed by atoms with E-state index >= 15 is 0 Å². The maximum absolute atomic E-state index is 4.58. The Balaban J connectivity index is 1.97. The summed E-state index contributed by atoms with van der Waals surface area (Å²) in [7, 11) is 0. The van der Waals surface area contributed by atoms with Gasteiger partial charge in [-0.2, -0.15) is 5.10 Å². The molecule has 16 heavy (non-hydrogen) atoms. The summed E-state index contributed by atoms with van der Waals surface area (Å²) in [4.78, 5) is 4.58. The second-order valence-electron chi connectivity index (χ2n) is 4.16. The van der Waals surface area contributed by atoms with Crippen LogP contribution in [0.1, 0.15) is 24.6 Å².